The third-order valence-corrected chi connectivity index (χ3v) is 4.17. The largest absolute Gasteiger partial charge is 0.388 e. The van der Waals surface area contributed by atoms with Gasteiger partial charge < -0.3 is 25.6 Å². The van der Waals surface area contributed by atoms with Crippen LogP contribution in [0.3, 0.4) is 0 Å². The summed E-state index contributed by atoms with van der Waals surface area (Å²) in [5.74, 6) is -0.133. The molecule has 3 rings (SSSR count). The average Bonchev–Trinajstić information content (AvgIpc) is 3.32. The lowest BCUT2D eigenvalue weighted by molar-refractivity contribution is -0.125. The molecule has 7 heteroatoms. The van der Waals surface area contributed by atoms with E-state index >= 15 is 0 Å². The maximum absolute atomic E-state index is 11.8. The lowest BCUT2D eigenvalue weighted by Crippen LogP contribution is -2.38. The van der Waals surface area contributed by atoms with E-state index in [0.29, 0.717) is 13.1 Å². The normalized spacial score (nSPS) is 30.3. The van der Waals surface area contributed by atoms with Crippen molar-refractivity contribution in [1.29, 1.82) is 0 Å². The van der Waals surface area contributed by atoms with E-state index in [9.17, 15) is 15.0 Å². The third kappa shape index (κ3) is 4.48. The first kappa shape index (κ1) is 16.3. The Morgan fingerprint density at radius 3 is 2.74 bits per heavy atom. The highest BCUT2D eigenvalue weighted by atomic mass is 16.5. The van der Waals surface area contributed by atoms with Crippen molar-refractivity contribution < 1.29 is 19.7 Å². The average molecular weight is 321 g/mol. The van der Waals surface area contributed by atoms with E-state index in [-0.39, 0.29) is 18.4 Å². The van der Waals surface area contributed by atoms with Crippen molar-refractivity contribution in [2.24, 2.45) is 0 Å². The maximum Gasteiger partial charge on any atom is 0.222 e. The molecule has 1 amide bonds. The highest BCUT2D eigenvalue weighted by molar-refractivity contribution is 5.77. The van der Waals surface area contributed by atoms with Gasteiger partial charge in [0, 0.05) is 25.3 Å². The Morgan fingerprint density at radius 2 is 2.04 bits per heavy atom. The first-order valence-electron chi connectivity index (χ1n) is 8.05. The van der Waals surface area contributed by atoms with Crippen LogP contribution in [0, 0.1) is 0 Å². The van der Waals surface area contributed by atoms with Gasteiger partial charge in [-0.15, -0.1) is 0 Å². The molecular formula is C16H23N3O4. The number of hydrogen-bond acceptors (Lipinski definition) is 6. The van der Waals surface area contributed by atoms with Crippen LogP contribution in [-0.4, -0.2) is 58.1 Å². The minimum absolute atomic E-state index is 0.0749. The van der Waals surface area contributed by atoms with Gasteiger partial charge in [0.05, 0.1) is 24.3 Å². The van der Waals surface area contributed by atoms with Gasteiger partial charge in [-0.05, 0) is 25.0 Å². The molecule has 0 aromatic carbocycles. The summed E-state index contributed by atoms with van der Waals surface area (Å²) in [6, 6.07) is 5.94. The van der Waals surface area contributed by atoms with Gasteiger partial charge in [-0.2, -0.15) is 0 Å². The SMILES string of the molecule is O=C(CC1OC(CNCc2ccccn2)C(O)C1O)NC1CC1. The molecule has 0 radical (unpaired) electrons. The molecule has 1 aliphatic heterocycles. The Balaban J connectivity index is 1.43. The molecule has 2 fully saturated rings. The van der Waals surface area contributed by atoms with Crippen molar-refractivity contribution in [2.45, 2.75) is 56.3 Å². The first-order chi connectivity index (χ1) is 11.1. The highest BCUT2D eigenvalue weighted by Crippen LogP contribution is 2.24. The maximum atomic E-state index is 11.8. The van der Waals surface area contributed by atoms with Gasteiger partial charge in [0.15, 0.2) is 0 Å². The molecule has 1 saturated heterocycles. The Hall–Kier alpha value is -1.54. The van der Waals surface area contributed by atoms with Gasteiger partial charge >= 0.3 is 0 Å². The minimum atomic E-state index is -1.04. The molecule has 1 aromatic heterocycles. The molecule has 23 heavy (non-hydrogen) atoms. The molecule has 0 spiro atoms. The van der Waals surface area contributed by atoms with E-state index in [0.717, 1.165) is 18.5 Å². The molecule has 2 aliphatic rings. The fraction of sp³-hybridized carbons (Fsp3) is 0.625. The van der Waals surface area contributed by atoms with Crippen molar-refractivity contribution in [3.63, 3.8) is 0 Å². The van der Waals surface area contributed by atoms with Crippen molar-refractivity contribution >= 4 is 5.91 Å². The van der Waals surface area contributed by atoms with Crippen LogP contribution in [0.2, 0.25) is 0 Å². The summed E-state index contributed by atoms with van der Waals surface area (Å²) >= 11 is 0. The smallest absolute Gasteiger partial charge is 0.222 e. The van der Waals surface area contributed by atoms with Crippen molar-refractivity contribution in [1.82, 2.24) is 15.6 Å². The van der Waals surface area contributed by atoms with Crippen molar-refractivity contribution in [3.05, 3.63) is 30.1 Å². The number of amides is 1. The number of carbonyl (C=O) groups excluding carboxylic acids is 1. The molecule has 1 aromatic rings. The predicted octanol–water partition coefficient (Wildman–Crippen LogP) is -0.671. The van der Waals surface area contributed by atoms with Crippen molar-refractivity contribution in [2.75, 3.05) is 6.54 Å². The summed E-state index contributed by atoms with van der Waals surface area (Å²) in [4.78, 5) is 16.0. The van der Waals surface area contributed by atoms with Crippen LogP contribution in [0.4, 0.5) is 0 Å². The van der Waals surface area contributed by atoms with E-state index < -0.39 is 24.4 Å². The number of nitrogens with zero attached hydrogens (tertiary/aromatic N) is 1. The van der Waals surface area contributed by atoms with E-state index in [4.69, 9.17) is 4.74 Å². The Morgan fingerprint density at radius 1 is 1.26 bits per heavy atom. The number of rotatable bonds is 7. The quantitative estimate of drug-likeness (QED) is 0.531. The zero-order valence-electron chi connectivity index (χ0n) is 12.9. The van der Waals surface area contributed by atoms with E-state index in [1.807, 2.05) is 18.2 Å². The third-order valence-electron chi connectivity index (χ3n) is 4.17. The topological polar surface area (TPSA) is 104 Å². The molecule has 4 unspecified atom stereocenters. The first-order valence-corrected chi connectivity index (χ1v) is 8.05. The van der Waals surface area contributed by atoms with Crippen molar-refractivity contribution in [3.8, 4) is 0 Å². The van der Waals surface area contributed by atoms with Gasteiger partial charge in [0.2, 0.25) is 5.91 Å². The van der Waals surface area contributed by atoms with Crippen LogP contribution in [0.5, 0.6) is 0 Å². The van der Waals surface area contributed by atoms with Crippen LogP contribution in [0.15, 0.2) is 24.4 Å². The summed E-state index contributed by atoms with van der Waals surface area (Å²) in [6.45, 7) is 0.936. The zero-order chi connectivity index (χ0) is 16.2. The lowest BCUT2D eigenvalue weighted by Gasteiger charge is -2.15. The highest BCUT2D eigenvalue weighted by Gasteiger charge is 2.43. The number of aliphatic hydroxyl groups is 2. The van der Waals surface area contributed by atoms with Crippen LogP contribution >= 0.6 is 0 Å². The van der Waals surface area contributed by atoms with Gasteiger partial charge in [-0.3, -0.25) is 9.78 Å². The summed E-state index contributed by atoms with van der Waals surface area (Å²) in [5.41, 5.74) is 0.890. The predicted molar refractivity (Wildman–Crippen MR) is 82.4 cm³/mol. The van der Waals surface area contributed by atoms with Gasteiger partial charge in [-0.1, -0.05) is 6.07 Å². The molecular weight excluding hydrogens is 298 g/mol. The van der Waals surface area contributed by atoms with Gasteiger partial charge in [0.25, 0.3) is 0 Å². The van der Waals surface area contributed by atoms with Crippen LogP contribution < -0.4 is 10.6 Å². The zero-order valence-corrected chi connectivity index (χ0v) is 12.9. The number of ether oxygens (including phenoxy) is 1. The second-order valence-corrected chi connectivity index (χ2v) is 6.19. The number of aliphatic hydroxyl groups excluding tert-OH is 2. The fourth-order valence-corrected chi connectivity index (χ4v) is 2.71. The minimum Gasteiger partial charge on any atom is -0.388 e. The molecule has 4 atom stereocenters. The second kappa shape index (κ2) is 7.35. The van der Waals surface area contributed by atoms with Gasteiger partial charge in [0.1, 0.15) is 12.2 Å². The molecule has 1 aliphatic carbocycles. The van der Waals surface area contributed by atoms with E-state index in [1.54, 1.807) is 6.20 Å². The lowest BCUT2D eigenvalue weighted by atomic mass is 10.1. The monoisotopic (exact) mass is 321 g/mol. The number of carbonyl (C=O) groups is 1. The molecule has 4 N–H and O–H groups in total. The van der Waals surface area contributed by atoms with Crippen LogP contribution in [-0.2, 0) is 16.1 Å². The molecule has 2 heterocycles. The molecule has 1 saturated carbocycles. The Kier molecular flexibility index (Phi) is 5.22. The number of hydrogen-bond donors (Lipinski definition) is 4. The number of aromatic nitrogens is 1. The molecule has 7 nitrogen and oxygen atoms in total. The number of pyridine rings is 1. The van der Waals surface area contributed by atoms with Crippen LogP contribution in [0.25, 0.3) is 0 Å². The fourth-order valence-electron chi connectivity index (χ4n) is 2.71. The van der Waals surface area contributed by atoms with Gasteiger partial charge in [-0.25, -0.2) is 0 Å². The Bertz CT molecular complexity index is 523. The van der Waals surface area contributed by atoms with E-state index in [1.165, 1.54) is 0 Å². The summed E-state index contributed by atoms with van der Waals surface area (Å²) in [7, 11) is 0. The summed E-state index contributed by atoms with van der Waals surface area (Å²) < 4.78 is 5.65. The number of nitrogens with one attached hydrogen (secondary N) is 2. The Labute approximate surface area is 135 Å². The van der Waals surface area contributed by atoms with E-state index in [2.05, 4.69) is 15.6 Å². The second-order valence-electron chi connectivity index (χ2n) is 6.19. The summed E-state index contributed by atoms with van der Waals surface area (Å²) in [5, 5.41) is 26.1. The summed E-state index contributed by atoms with van der Waals surface area (Å²) in [6.07, 6.45) is 0.594. The van der Waals surface area contributed by atoms with Crippen LogP contribution in [0.1, 0.15) is 25.0 Å². The standard InChI is InChI=1S/C16H23N3O4/c20-14(19-10-4-5-10)7-12-15(21)16(22)13(23-12)9-17-8-11-3-1-2-6-18-11/h1-3,6,10,12-13,15-17,21-22H,4-5,7-9H2,(H,19,20). The molecule has 126 valence electrons. The molecule has 0 bridgehead atoms.